The lowest BCUT2D eigenvalue weighted by atomic mass is 10.1. The first-order chi connectivity index (χ1) is 11.0. The number of amides is 1. The van der Waals surface area contributed by atoms with Gasteiger partial charge in [-0.3, -0.25) is 4.79 Å². The number of carbonyl (C=O) groups is 1. The first kappa shape index (κ1) is 21.0. The van der Waals surface area contributed by atoms with Crippen molar-refractivity contribution >= 4 is 27.7 Å². The summed E-state index contributed by atoms with van der Waals surface area (Å²) in [7, 11) is -3.45. The topological polar surface area (TPSA) is 66.5 Å². The standard InChI is InChI=1S/C17H28N2O3S2/c1-14-6-8-15(9-7-14)12-19(24(5,21)22)13-16(20)18-10-11-23-17(2,3)4/h6-9H,10-13H2,1-5H3,(H,18,20). The fraction of sp³-hybridized carbons (Fsp3) is 0.588. The Morgan fingerprint density at radius 1 is 1.21 bits per heavy atom. The van der Waals surface area contributed by atoms with Gasteiger partial charge in [0.15, 0.2) is 0 Å². The van der Waals surface area contributed by atoms with Crippen molar-refractivity contribution < 1.29 is 13.2 Å². The molecule has 0 bridgehead atoms. The van der Waals surface area contributed by atoms with Crippen LogP contribution in [0.1, 0.15) is 31.9 Å². The lowest BCUT2D eigenvalue weighted by Crippen LogP contribution is -2.40. The molecule has 5 nitrogen and oxygen atoms in total. The molecule has 1 aromatic carbocycles. The number of sulfonamides is 1. The second kappa shape index (κ2) is 8.87. The number of nitrogens with zero attached hydrogens (tertiary/aromatic N) is 1. The smallest absolute Gasteiger partial charge is 0.235 e. The molecule has 0 fully saturated rings. The summed E-state index contributed by atoms with van der Waals surface area (Å²) in [6.07, 6.45) is 1.13. The highest BCUT2D eigenvalue weighted by Gasteiger charge is 2.20. The molecule has 0 aliphatic rings. The van der Waals surface area contributed by atoms with Crippen LogP contribution in [0.3, 0.4) is 0 Å². The Morgan fingerprint density at radius 3 is 2.29 bits per heavy atom. The first-order valence-electron chi connectivity index (χ1n) is 7.89. The molecule has 0 heterocycles. The minimum absolute atomic E-state index is 0.148. The van der Waals surface area contributed by atoms with Crippen LogP contribution in [0.25, 0.3) is 0 Å². The Labute approximate surface area is 150 Å². The van der Waals surface area contributed by atoms with Crippen molar-refractivity contribution in [2.24, 2.45) is 0 Å². The van der Waals surface area contributed by atoms with Crippen LogP contribution in [0.4, 0.5) is 0 Å². The highest BCUT2D eigenvalue weighted by Crippen LogP contribution is 2.22. The summed E-state index contributed by atoms with van der Waals surface area (Å²) in [4.78, 5) is 12.0. The molecular weight excluding hydrogens is 344 g/mol. The van der Waals surface area contributed by atoms with Gasteiger partial charge in [0, 0.05) is 23.6 Å². The van der Waals surface area contributed by atoms with Crippen molar-refractivity contribution in [1.82, 2.24) is 9.62 Å². The number of carbonyl (C=O) groups excluding carboxylic acids is 1. The lowest BCUT2D eigenvalue weighted by molar-refractivity contribution is -0.121. The quantitative estimate of drug-likeness (QED) is 0.712. The number of aryl methyl sites for hydroxylation is 1. The molecular formula is C17H28N2O3S2. The first-order valence-corrected chi connectivity index (χ1v) is 10.7. The highest BCUT2D eigenvalue weighted by atomic mass is 32.2. The molecule has 0 atom stereocenters. The van der Waals surface area contributed by atoms with Gasteiger partial charge in [-0.2, -0.15) is 16.1 Å². The van der Waals surface area contributed by atoms with Gasteiger partial charge in [0.1, 0.15) is 0 Å². The fourth-order valence-electron chi connectivity index (χ4n) is 1.95. The summed E-state index contributed by atoms with van der Waals surface area (Å²) < 4.78 is 25.2. The van der Waals surface area contributed by atoms with E-state index in [4.69, 9.17) is 0 Å². The molecule has 24 heavy (non-hydrogen) atoms. The van der Waals surface area contributed by atoms with Crippen LogP contribution in [0.5, 0.6) is 0 Å². The normalized spacial score (nSPS) is 12.4. The number of benzene rings is 1. The SMILES string of the molecule is Cc1ccc(CN(CC(=O)NCCSC(C)(C)C)S(C)(=O)=O)cc1. The van der Waals surface area contributed by atoms with Crippen LogP contribution in [0.2, 0.25) is 0 Å². The van der Waals surface area contributed by atoms with E-state index in [1.165, 1.54) is 4.31 Å². The Hall–Kier alpha value is -1.05. The van der Waals surface area contributed by atoms with Crippen molar-refractivity contribution in [2.45, 2.75) is 39.0 Å². The maximum absolute atomic E-state index is 12.0. The second-order valence-electron chi connectivity index (χ2n) is 6.83. The van der Waals surface area contributed by atoms with Gasteiger partial charge in [0.05, 0.1) is 12.8 Å². The van der Waals surface area contributed by atoms with E-state index in [0.717, 1.165) is 23.1 Å². The van der Waals surface area contributed by atoms with Crippen LogP contribution in [0, 0.1) is 6.92 Å². The van der Waals surface area contributed by atoms with Crippen molar-refractivity contribution in [3.8, 4) is 0 Å². The zero-order chi connectivity index (χ0) is 18.4. The number of rotatable bonds is 8. The number of hydrogen-bond acceptors (Lipinski definition) is 4. The van der Waals surface area contributed by atoms with Gasteiger partial charge >= 0.3 is 0 Å². The van der Waals surface area contributed by atoms with Gasteiger partial charge in [-0.05, 0) is 12.5 Å². The van der Waals surface area contributed by atoms with Gasteiger partial charge in [-0.1, -0.05) is 50.6 Å². The molecule has 0 radical (unpaired) electrons. The Bertz CT molecular complexity index is 635. The molecule has 0 saturated heterocycles. The van der Waals surface area contributed by atoms with Crippen molar-refractivity contribution in [2.75, 3.05) is 25.1 Å². The minimum atomic E-state index is -3.45. The maximum atomic E-state index is 12.0. The minimum Gasteiger partial charge on any atom is -0.354 e. The van der Waals surface area contributed by atoms with E-state index in [0.29, 0.717) is 6.54 Å². The molecule has 0 aromatic heterocycles. The van der Waals surface area contributed by atoms with Gasteiger partial charge in [-0.15, -0.1) is 0 Å². The monoisotopic (exact) mass is 372 g/mol. The molecule has 0 unspecified atom stereocenters. The summed E-state index contributed by atoms with van der Waals surface area (Å²) in [6.45, 7) is 8.89. The largest absolute Gasteiger partial charge is 0.354 e. The van der Waals surface area contributed by atoms with E-state index in [2.05, 4.69) is 26.1 Å². The molecule has 1 amide bonds. The van der Waals surface area contributed by atoms with Crippen LogP contribution in [0.15, 0.2) is 24.3 Å². The fourth-order valence-corrected chi connectivity index (χ4v) is 3.50. The van der Waals surface area contributed by atoms with Crippen LogP contribution < -0.4 is 5.32 Å². The third-order valence-electron chi connectivity index (χ3n) is 3.23. The number of thioether (sulfide) groups is 1. The third-order valence-corrected chi connectivity index (χ3v) is 5.70. The summed E-state index contributed by atoms with van der Waals surface area (Å²) in [5, 5.41) is 2.79. The predicted molar refractivity (Wildman–Crippen MR) is 102 cm³/mol. The molecule has 0 spiro atoms. The van der Waals surface area contributed by atoms with Gasteiger partial charge in [-0.25, -0.2) is 8.42 Å². The molecule has 1 rings (SSSR count). The Balaban J connectivity index is 2.57. The number of hydrogen-bond donors (Lipinski definition) is 1. The van der Waals surface area contributed by atoms with E-state index in [1.807, 2.05) is 31.2 Å². The van der Waals surface area contributed by atoms with Crippen LogP contribution >= 0.6 is 11.8 Å². The summed E-state index contributed by atoms with van der Waals surface area (Å²) >= 11 is 1.76. The molecule has 0 aliphatic carbocycles. The number of nitrogens with one attached hydrogen (secondary N) is 1. The predicted octanol–water partition coefficient (Wildman–Crippen LogP) is 2.40. The second-order valence-corrected chi connectivity index (χ2v) is 10.7. The summed E-state index contributed by atoms with van der Waals surface area (Å²) in [5.74, 6) is 0.522. The van der Waals surface area contributed by atoms with Crippen molar-refractivity contribution in [1.29, 1.82) is 0 Å². The summed E-state index contributed by atoms with van der Waals surface area (Å²) in [6, 6.07) is 7.62. The highest BCUT2D eigenvalue weighted by molar-refractivity contribution is 8.00. The zero-order valence-corrected chi connectivity index (χ0v) is 16.8. The van der Waals surface area contributed by atoms with E-state index in [-0.39, 0.29) is 23.7 Å². The van der Waals surface area contributed by atoms with E-state index < -0.39 is 10.0 Å². The van der Waals surface area contributed by atoms with Gasteiger partial charge < -0.3 is 5.32 Å². The molecule has 1 N–H and O–H groups in total. The van der Waals surface area contributed by atoms with Gasteiger partial charge in [0.2, 0.25) is 15.9 Å². The van der Waals surface area contributed by atoms with Crippen molar-refractivity contribution in [3.05, 3.63) is 35.4 Å². The average Bonchev–Trinajstić information content (AvgIpc) is 2.43. The maximum Gasteiger partial charge on any atom is 0.235 e. The van der Waals surface area contributed by atoms with E-state index in [1.54, 1.807) is 11.8 Å². The lowest BCUT2D eigenvalue weighted by Gasteiger charge is -2.20. The molecule has 0 aliphatic heterocycles. The van der Waals surface area contributed by atoms with Crippen molar-refractivity contribution in [3.63, 3.8) is 0 Å². The Kier molecular flexibility index (Phi) is 7.76. The average molecular weight is 373 g/mol. The molecule has 136 valence electrons. The zero-order valence-electron chi connectivity index (χ0n) is 15.1. The molecule has 1 aromatic rings. The van der Waals surface area contributed by atoms with E-state index >= 15 is 0 Å². The van der Waals surface area contributed by atoms with E-state index in [9.17, 15) is 13.2 Å². The van der Waals surface area contributed by atoms with Crippen LogP contribution in [-0.4, -0.2) is 48.5 Å². The summed E-state index contributed by atoms with van der Waals surface area (Å²) in [5.41, 5.74) is 1.97. The van der Waals surface area contributed by atoms with Gasteiger partial charge in [0.25, 0.3) is 0 Å². The molecule has 0 saturated carbocycles. The van der Waals surface area contributed by atoms with Crippen LogP contribution in [-0.2, 0) is 21.4 Å². The Morgan fingerprint density at radius 2 is 1.79 bits per heavy atom. The third kappa shape index (κ3) is 8.70. The molecule has 7 heteroatoms.